The quantitative estimate of drug-likeness (QED) is 0.416. The van der Waals surface area contributed by atoms with E-state index in [1.54, 1.807) is 19.1 Å². The highest BCUT2D eigenvalue weighted by atomic mass is 32.2. The van der Waals surface area contributed by atoms with Gasteiger partial charge in [0, 0.05) is 6.42 Å². The minimum Gasteiger partial charge on any atom is -0.485 e. The Labute approximate surface area is 119 Å². The van der Waals surface area contributed by atoms with Crippen molar-refractivity contribution in [2.24, 2.45) is 5.16 Å². The fourth-order valence-corrected chi connectivity index (χ4v) is 2.28. The number of hydrogen-bond donors (Lipinski definition) is 0. The van der Waals surface area contributed by atoms with E-state index in [2.05, 4.69) is 9.99 Å². The second-order valence-electron chi connectivity index (χ2n) is 4.25. The summed E-state index contributed by atoms with van der Waals surface area (Å²) in [5.74, 6) is 0.659. The van der Waals surface area contributed by atoms with Gasteiger partial charge in [0.15, 0.2) is 0 Å². The molecule has 1 rings (SSSR count). The van der Waals surface area contributed by atoms with Crippen LogP contribution in [0.25, 0.3) is 0 Å². The summed E-state index contributed by atoms with van der Waals surface area (Å²) in [4.78, 5) is 4.62. The lowest BCUT2D eigenvalue weighted by molar-refractivity contribution is 0.157. The highest BCUT2D eigenvalue weighted by molar-refractivity contribution is 7.86. The molecule has 0 saturated carbocycles. The molecule has 112 valence electrons. The van der Waals surface area contributed by atoms with Crippen molar-refractivity contribution in [3.63, 3.8) is 0 Å². The van der Waals surface area contributed by atoms with Crippen LogP contribution >= 0.6 is 0 Å². The minimum atomic E-state index is -3.49. The molecule has 0 fully saturated rings. The van der Waals surface area contributed by atoms with Gasteiger partial charge in [-0.3, -0.25) is 4.18 Å². The molecule has 0 saturated heterocycles. The van der Waals surface area contributed by atoms with Crippen molar-refractivity contribution in [2.45, 2.75) is 25.6 Å². The van der Waals surface area contributed by atoms with Gasteiger partial charge in [0.05, 0.1) is 18.6 Å². The number of hydrogen-bond acceptors (Lipinski definition) is 6. The Morgan fingerprint density at radius 1 is 1.30 bits per heavy atom. The van der Waals surface area contributed by atoms with Crippen molar-refractivity contribution in [3.8, 4) is 5.75 Å². The summed E-state index contributed by atoms with van der Waals surface area (Å²) in [6.45, 7) is 1.66. The van der Waals surface area contributed by atoms with Crippen LogP contribution in [-0.2, 0) is 19.1 Å². The van der Waals surface area contributed by atoms with E-state index in [9.17, 15) is 8.42 Å². The Hall–Kier alpha value is -1.60. The molecule has 1 aromatic rings. The second-order valence-corrected chi connectivity index (χ2v) is 5.85. The van der Waals surface area contributed by atoms with Gasteiger partial charge in [-0.1, -0.05) is 23.4 Å². The lowest BCUT2D eigenvalue weighted by Gasteiger charge is -2.18. The molecule has 0 bridgehead atoms. The molecule has 0 heterocycles. The number of nitrogens with zero attached hydrogens (tertiary/aromatic N) is 1. The zero-order valence-corrected chi connectivity index (χ0v) is 12.5. The van der Waals surface area contributed by atoms with Crippen LogP contribution in [0.4, 0.5) is 0 Å². The van der Waals surface area contributed by atoms with Gasteiger partial charge in [0.1, 0.15) is 19.0 Å². The molecule has 0 N–H and O–H groups in total. The molecule has 0 aromatic heterocycles. The molecule has 0 spiro atoms. The van der Waals surface area contributed by atoms with Crippen molar-refractivity contribution in [2.75, 3.05) is 13.4 Å². The highest BCUT2D eigenvalue weighted by Crippen LogP contribution is 2.14. The van der Waals surface area contributed by atoms with Crippen LogP contribution < -0.4 is 4.74 Å². The van der Waals surface area contributed by atoms with E-state index in [1.807, 2.05) is 18.2 Å². The highest BCUT2D eigenvalue weighted by Gasteiger charge is 2.17. The van der Waals surface area contributed by atoms with Crippen molar-refractivity contribution < 1.29 is 22.2 Å². The Morgan fingerprint density at radius 3 is 2.50 bits per heavy atom. The summed E-state index contributed by atoms with van der Waals surface area (Å²) >= 11 is 0. The first-order chi connectivity index (χ1) is 9.40. The van der Waals surface area contributed by atoms with Gasteiger partial charge in [0.25, 0.3) is 10.1 Å². The number of benzene rings is 1. The average molecular weight is 301 g/mol. The van der Waals surface area contributed by atoms with Crippen LogP contribution in [0.5, 0.6) is 5.75 Å². The van der Waals surface area contributed by atoms with Crippen LogP contribution in [0.3, 0.4) is 0 Å². The molecule has 7 heteroatoms. The van der Waals surface area contributed by atoms with Crippen LogP contribution in [0, 0.1) is 0 Å². The molecule has 0 aliphatic rings. The molecule has 0 radical (unpaired) electrons. The summed E-state index contributed by atoms with van der Waals surface area (Å²) in [5.41, 5.74) is 0. The van der Waals surface area contributed by atoms with E-state index in [4.69, 9.17) is 8.92 Å². The maximum atomic E-state index is 11.1. The molecule has 0 aliphatic heterocycles. The predicted octanol–water partition coefficient (Wildman–Crippen LogP) is 1.82. The van der Waals surface area contributed by atoms with Crippen LogP contribution in [-0.4, -0.2) is 40.2 Å². The standard InChI is InChI=1S/C13H19NO5S/c1-11(19-20(3,15)16)9-13(10-14-17-2)18-12-7-5-4-6-8-12/h4-8,10-11,13H,9H2,1-3H3. The number of para-hydroxylation sites is 1. The molecule has 2 unspecified atom stereocenters. The normalized spacial score (nSPS) is 14.9. The Morgan fingerprint density at radius 2 is 1.95 bits per heavy atom. The summed E-state index contributed by atoms with van der Waals surface area (Å²) in [7, 11) is -2.07. The van der Waals surface area contributed by atoms with Crippen LogP contribution in [0.1, 0.15) is 13.3 Å². The Bertz CT molecular complexity index is 515. The SMILES string of the molecule is CON=CC(CC(C)OS(C)(=O)=O)Oc1ccccc1. The summed E-state index contributed by atoms with van der Waals surface area (Å²) < 4.78 is 32.7. The van der Waals surface area contributed by atoms with Gasteiger partial charge in [-0.25, -0.2) is 0 Å². The van der Waals surface area contributed by atoms with Crippen molar-refractivity contribution in [3.05, 3.63) is 30.3 Å². The first-order valence-corrected chi connectivity index (χ1v) is 7.89. The molecule has 2 atom stereocenters. The monoisotopic (exact) mass is 301 g/mol. The van der Waals surface area contributed by atoms with E-state index >= 15 is 0 Å². The number of oxime groups is 1. The smallest absolute Gasteiger partial charge is 0.264 e. The van der Waals surface area contributed by atoms with Gasteiger partial charge in [-0.2, -0.15) is 8.42 Å². The lowest BCUT2D eigenvalue weighted by atomic mass is 10.2. The van der Waals surface area contributed by atoms with Gasteiger partial charge in [-0.15, -0.1) is 0 Å². The zero-order valence-electron chi connectivity index (χ0n) is 11.7. The van der Waals surface area contributed by atoms with Crippen molar-refractivity contribution in [1.82, 2.24) is 0 Å². The molecule has 0 amide bonds. The predicted molar refractivity (Wildman–Crippen MR) is 76.4 cm³/mol. The maximum Gasteiger partial charge on any atom is 0.264 e. The Kier molecular flexibility index (Phi) is 6.47. The van der Waals surface area contributed by atoms with Crippen molar-refractivity contribution >= 4 is 16.3 Å². The van der Waals surface area contributed by atoms with Gasteiger partial charge >= 0.3 is 0 Å². The molecule has 6 nitrogen and oxygen atoms in total. The minimum absolute atomic E-state index is 0.328. The molecular weight excluding hydrogens is 282 g/mol. The molecule has 20 heavy (non-hydrogen) atoms. The van der Waals surface area contributed by atoms with E-state index in [1.165, 1.54) is 13.3 Å². The zero-order chi connectivity index (χ0) is 15.0. The van der Waals surface area contributed by atoms with Gasteiger partial charge < -0.3 is 9.57 Å². The Balaban J connectivity index is 2.67. The van der Waals surface area contributed by atoms with E-state index in [-0.39, 0.29) is 0 Å². The van der Waals surface area contributed by atoms with Crippen LogP contribution in [0.2, 0.25) is 0 Å². The van der Waals surface area contributed by atoms with E-state index in [0.717, 1.165) is 6.26 Å². The first kappa shape index (κ1) is 16.5. The third kappa shape index (κ3) is 7.10. The largest absolute Gasteiger partial charge is 0.485 e. The average Bonchev–Trinajstić information content (AvgIpc) is 2.35. The molecular formula is C13H19NO5S. The van der Waals surface area contributed by atoms with Gasteiger partial charge in [0.2, 0.25) is 0 Å². The molecule has 1 aromatic carbocycles. The van der Waals surface area contributed by atoms with Crippen LogP contribution in [0.15, 0.2) is 35.5 Å². The third-order valence-electron chi connectivity index (χ3n) is 2.27. The van der Waals surface area contributed by atoms with E-state index in [0.29, 0.717) is 12.2 Å². The maximum absolute atomic E-state index is 11.1. The molecule has 0 aliphatic carbocycles. The number of rotatable bonds is 8. The van der Waals surface area contributed by atoms with E-state index < -0.39 is 22.3 Å². The second kappa shape index (κ2) is 7.86. The summed E-state index contributed by atoms with van der Waals surface area (Å²) in [5, 5.41) is 3.66. The third-order valence-corrected chi connectivity index (χ3v) is 2.94. The topological polar surface area (TPSA) is 74.2 Å². The summed E-state index contributed by atoms with van der Waals surface area (Å²) in [6.07, 6.45) is 1.83. The first-order valence-electron chi connectivity index (χ1n) is 6.07. The fraction of sp³-hybridized carbons (Fsp3) is 0.462. The lowest BCUT2D eigenvalue weighted by Crippen LogP contribution is -2.26. The van der Waals surface area contributed by atoms with Gasteiger partial charge in [-0.05, 0) is 19.1 Å². The van der Waals surface area contributed by atoms with Crippen molar-refractivity contribution in [1.29, 1.82) is 0 Å². The number of ether oxygens (including phenoxy) is 1. The fourth-order valence-electron chi connectivity index (χ4n) is 1.61. The summed E-state index contributed by atoms with van der Waals surface area (Å²) in [6, 6.07) is 9.17.